The van der Waals surface area contributed by atoms with Gasteiger partial charge in [-0.2, -0.15) is 0 Å². The Labute approximate surface area is 159 Å². The van der Waals surface area contributed by atoms with E-state index in [1.54, 1.807) is 26.0 Å². The molecule has 27 heavy (non-hydrogen) atoms. The zero-order chi connectivity index (χ0) is 19.2. The van der Waals surface area contributed by atoms with E-state index >= 15 is 0 Å². The van der Waals surface area contributed by atoms with Crippen molar-refractivity contribution in [1.29, 1.82) is 0 Å². The Morgan fingerprint density at radius 2 is 1.85 bits per heavy atom. The Balaban J connectivity index is 1.67. The average Bonchev–Trinajstić information content (AvgIpc) is 2.71. The molecule has 0 saturated carbocycles. The highest BCUT2D eigenvalue weighted by atomic mass is 16.5. The van der Waals surface area contributed by atoms with Gasteiger partial charge in [0.15, 0.2) is 0 Å². The van der Waals surface area contributed by atoms with Crippen LogP contribution >= 0.6 is 0 Å². The molecule has 3 rings (SSSR count). The summed E-state index contributed by atoms with van der Waals surface area (Å²) in [6.45, 7) is 3.07. The largest absolute Gasteiger partial charge is 0.497 e. The van der Waals surface area contributed by atoms with Crippen molar-refractivity contribution in [1.82, 2.24) is 4.90 Å². The molecule has 2 aromatic rings. The predicted molar refractivity (Wildman–Crippen MR) is 101 cm³/mol. The molecule has 0 N–H and O–H groups in total. The summed E-state index contributed by atoms with van der Waals surface area (Å²) in [6.07, 6.45) is -0.700. The van der Waals surface area contributed by atoms with Gasteiger partial charge < -0.3 is 23.8 Å². The number of para-hydroxylation sites is 1. The minimum atomic E-state index is -0.507. The summed E-state index contributed by atoms with van der Waals surface area (Å²) in [5.74, 6) is 2.16. The Hall–Kier alpha value is -2.73. The minimum Gasteiger partial charge on any atom is -0.497 e. The lowest BCUT2D eigenvalue weighted by atomic mass is 10.1. The highest BCUT2D eigenvalue weighted by Gasteiger charge is 2.33. The van der Waals surface area contributed by atoms with Crippen molar-refractivity contribution in [2.24, 2.45) is 0 Å². The fraction of sp³-hybridized carbons (Fsp3) is 0.381. The first-order valence-electron chi connectivity index (χ1n) is 8.93. The molecule has 1 fully saturated rings. The van der Waals surface area contributed by atoms with Crippen molar-refractivity contribution in [2.45, 2.75) is 25.7 Å². The Morgan fingerprint density at radius 3 is 2.56 bits per heavy atom. The quantitative estimate of drug-likeness (QED) is 0.749. The van der Waals surface area contributed by atoms with Crippen LogP contribution in [0.5, 0.6) is 17.2 Å². The molecule has 0 spiro atoms. The van der Waals surface area contributed by atoms with Crippen molar-refractivity contribution >= 4 is 5.91 Å². The van der Waals surface area contributed by atoms with E-state index in [1.165, 1.54) is 0 Å². The number of hydrogen-bond acceptors (Lipinski definition) is 5. The Morgan fingerprint density at radius 1 is 1.07 bits per heavy atom. The lowest BCUT2D eigenvalue weighted by molar-refractivity contribution is -0.163. The lowest BCUT2D eigenvalue weighted by Crippen LogP contribution is -2.52. The first kappa shape index (κ1) is 19.0. The third-order valence-corrected chi connectivity index (χ3v) is 4.51. The molecule has 1 aliphatic heterocycles. The van der Waals surface area contributed by atoms with Crippen LogP contribution in [0.15, 0.2) is 48.5 Å². The number of rotatable bonds is 7. The van der Waals surface area contributed by atoms with Gasteiger partial charge in [0.05, 0.1) is 20.8 Å². The van der Waals surface area contributed by atoms with E-state index in [2.05, 4.69) is 0 Å². The summed E-state index contributed by atoms with van der Waals surface area (Å²) < 4.78 is 22.3. The summed E-state index contributed by atoms with van der Waals surface area (Å²) in [5.41, 5.74) is 0.920. The van der Waals surface area contributed by atoms with Crippen LogP contribution in [0.2, 0.25) is 0 Å². The predicted octanol–water partition coefficient (Wildman–Crippen LogP) is 2.90. The fourth-order valence-corrected chi connectivity index (χ4v) is 3.11. The van der Waals surface area contributed by atoms with Crippen LogP contribution in [0.1, 0.15) is 12.5 Å². The summed E-state index contributed by atoms with van der Waals surface area (Å²) in [6, 6.07) is 15.2. The van der Waals surface area contributed by atoms with Crippen LogP contribution in [-0.4, -0.2) is 50.4 Å². The number of carbonyl (C=O) groups excluding carboxylic acids is 1. The maximum Gasteiger partial charge on any atom is 0.251 e. The van der Waals surface area contributed by atoms with Gasteiger partial charge in [0, 0.05) is 18.2 Å². The second-order valence-electron chi connectivity index (χ2n) is 6.42. The molecule has 1 amide bonds. The number of amides is 1. The van der Waals surface area contributed by atoms with Crippen LogP contribution < -0.4 is 14.2 Å². The van der Waals surface area contributed by atoms with Gasteiger partial charge in [-0.05, 0) is 31.2 Å². The van der Waals surface area contributed by atoms with E-state index in [0.717, 1.165) is 11.3 Å². The minimum absolute atomic E-state index is 0.0381. The molecule has 0 aliphatic carbocycles. The first-order valence-corrected chi connectivity index (χ1v) is 8.93. The van der Waals surface area contributed by atoms with Gasteiger partial charge in [-0.25, -0.2) is 0 Å². The molecular weight excluding hydrogens is 346 g/mol. The number of ether oxygens (including phenoxy) is 4. The van der Waals surface area contributed by atoms with Gasteiger partial charge in [-0.3, -0.25) is 4.79 Å². The van der Waals surface area contributed by atoms with Gasteiger partial charge in [0.2, 0.25) is 0 Å². The lowest BCUT2D eigenvalue weighted by Gasteiger charge is -2.36. The normalized spacial score (nSPS) is 19.7. The zero-order valence-electron chi connectivity index (χ0n) is 15.9. The molecular formula is C21H25NO5. The molecule has 6 heteroatoms. The number of benzene rings is 2. The van der Waals surface area contributed by atoms with Crippen LogP contribution in [-0.2, 0) is 16.1 Å². The molecule has 2 aromatic carbocycles. The number of hydrogen-bond donors (Lipinski definition) is 0. The second-order valence-corrected chi connectivity index (χ2v) is 6.42. The van der Waals surface area contributed by atoms with Crippen molar-refractivity contribution in [2.75, 3.05) is 27.4 Å². The second kappa shape index (κ2) is 8.77. The summed E-state index contributed by atoms with van der Waals surface area (Å²) in [4.78, 5) is 14.4. The van der Waals surface area contributed by atoms with Crippen molar-refractivity contribution in [3.8, 4) is 17.2 Å². The molecule has 2 atom stereocenters. The topological polar surface area (TPSA) is 57.2 Å². The molecule has 144 valence electrons. The zero-order valence-corrected chi connectivity index (χ0v) is 15.9. The standard InChI is InChI=1S/C21H25NO5/c1-15-21(23)22(12-16-9-10-18(24-2)11-20(16)25-3)13-19(27-15)14-26-17-7-5-4-6-8-17/h4-11,15,19H,12-14H2,1-3H3. The van der Waals surface area contributed by atoms with Gasteiger partial charge in [-0.15, -0.1) is 0 Å². The van der Waals surface area contributed by atoms with Crippen molar-refractivity contribution < 1.29 is 23.7 Å². The number of methoxy groups -OCH3 is 2. The molecule has 1 aliphatic rings. The number of carbonyl (C=O) groups is 1. The van der Waals surface area contributed by atoms with E-state index in [9.17, 15) is 4.79 Å². The fourth-order valence-electron chi connectivity index (χ4n) is 3.11. The maximum atomic E-state index is 12.6. The molecule has 1 heterocycles. The molecule has 6 nitrogen and oxygen atoms in total. The smallest absolute Gasteiger partial charge is 0.251 e. The van der Waals surface area contributed by atoms with E-state index < -0.39 is 6.10 Å². The molecule has 0 bridgehead atoms. The van der Waals surface area contributed by atoms with E-state index in [-0.39, 0.29) is 12.0 Å². The Bertz CT molecular complexity index is 764. The third kappa shape index (κ3) is 4.71. The van der Waals surface area contributed by atoms with Gasteiger partial charge in [-0.1, -0.05) is 18.2 Å². The van der Waals surface area contributed by atoms with Crippen LogP contribution in [0.25, 0.3) is 0 Å². The highest BCUT2D eigenvalue weighted by Crippen LogP contribution is 2.27. The average molecular weight is 371 g/mol. The summed E-state index contributed by atoms with van der Waals surface area (Å²) in [7, 11) is 3.22. The third-order valence-electron chi connectivity index (χ3n) is 4.51. The van der Waals surface area contributed by atoms with Gasteiger partial charge >= 0.3 is 0 Å². The van der Waals surface area contributed by atoms with E-state index in [4.69, 9.17) is 18.9 Å². The molecule has 2 unspecified atom stereocenters. The monoisotopic (exact) mass is 371 g/mol. The maximum absolute atomic E-state index is 12.6. The molecule has 1 saturated heterocycles. The SMILES string of the molecule is COc1ccc(CN2CC(COc3ccccc3)OC(C)C2=O)c(OC)c1. The van der Waals surface area contributed by atoms with E-state index in [0.29, 0.717) is 31.2 Å². The molecule has 0 aromatic heterocycles. The van der Waals surface area contributed by atoms with Crippen LogP contribution in [0.4, 0.5) is 0 Å². The summed E-state index contributed by atoms with van der Waals surface area (Å²) in [5, 5.41) is 0. The van der Waals surface area contributed by atoms with Crippen LogP contribution in [0, 0.1) is 0 Å². The van der Waals surface area contributed by atoms with Gasteiger partial charge in [0.25, 0.3) is 5.91 Å². The first-order chi connectivity index (χ1) is 13.1. The van der Waals surface area contributed by atoms with Crippen molar-refractivity contribution in [3.05, 3.63) is 54.1 Å². The molecule has 0 radical (unpaired) electrons. The number of nitrogens with zero attached hydrogens (tertiary/aromatic N) is 1. The Kier molecular flexibility index (Phi) is 6.19. The number of morpholine rings is 1. The highest BCUT2D eigenvalue weighted by molar-refractivity contribution is 5.81. The van der Waals surface area contributed by atoms with Crippen molar-refractivity contribution in [3.63, 3.8) is 0 Å². The summed E-state index contributed by atoms with van der Waals surface area (Å²) >= 11 is 0. The van der Waals surface area contributed by atoms with E-state index in [1.807, 2.05) is 48.5 Å². The van der Waals surface area contributed by atoms with Gasteiger partial charge in [0.1, 0.15) is 36.1 Å². The van der Waals surface area contributed by atoms with Crippen LogP contribution in [0.3, 0.4) is 0 Å².